The van der Waals surface area contributed by atoms with Gasteiger partial charge in [-0.3, -0.25) is 13.9 Å². The lowest BCUT2D eigenvalue weighted by molar-refractivity contribution is -0.139. The summed E-state index contributed by atoms with van der Waals surface area (Å²) < 4.78 is 43.0. The van der Waals surface area contributed by atoms with Crippen LogP contribution in [0.2, 0.25) is 10.0 Å². The molecule has 2 atom stereocenters. The van der Waals surface area contributed by atoms with Crippen LogP contribution in [0.15, 0.2) is 77.7 Å². The standard InChI is InChI=1S/C28H30Cl2FN3O4S/c1-4-19(2)32-28(36)20(3)33(17-22-23(29)13-10-14-24(22)30)27(35)18-34(26-16-9-8-15-25(26)31)39(37,38)21-11-6-5-7-12-21/h5-16,19-20H,4,17-18H2,1-3H3,(H,32,36)/t19-,20-/m1/s1. The van der Waals surface area contributed by atoms with Crippen molar-refractivity contribution < 1.29 is 22.4 Å². The van der Waals surface area contributed by atoms with Crippen molar-refractivity contribution in [1.29, 1.82) is 0 Å². The van der Waals surface area contributed by atoms with Crippen LogP contribution in [0.25, 0.3) is 0 Å². The molecule has 7 nitrogen and oxygen atoms in total. The second-order valence-corrected chi connectivity index (χ2v) is 11.7. The summed E-state index contributed by atoms with van der Waals surface area (Å²) in [6, 6.07) is 16.3. The minimum Gasteiger partial charge on any atom is -0.352 e. The fourth-order valence-electron chi connectivity index (χ4n) is 3.79. The van der Waals surface area contributed by atoms with Crippen molar-refractivity contribution in [3.05, 3.63) is 94.2 Å². The summed E-state index contributed by atoms with van der Waals surface area (Å²) in [5.74, 6) is -2.02. The van der Waals surface area contributed by atoms with E-state index in [9.17, 15) is 22.4 Å². The first kappa shape index (κ1) is 30.4. The van der Waals surface area contributed by atoms with Gasteiger partial charge in [0.25, 0.3) is 10.0 Å². The Labute approximate surface area is 238 Å². The van der Waals surface area contributed by atoms with E-state index < -0.39 is 40.2 Å². The third-order valence-electron chi connectivity index (χ3n) is 6.29. The molecular weight excluding hydrogens is 564 g/mol. The van der Waals surface area contributed by atoms with Crippen LogP contribution >= 0.6 is 23.2 Å². The van der Waals surface area contributed by atoms with Crippen molar-refractivity contribution in [3.63, 3.8) is 0 Å². The Morgan fingerprint density at radius 2 is 1.51 bits per heavy atom. The van der Waals surface area contributed by atoms with Gasteiger partial charge in [0.15, 0.2) is 0 Å². The zero-order valence-corrected chi connectivity index (χ0v) is 24.1. The van der Waals surface area contributed by atoms with Gasteiger partial charge in [0, 0.05) is 28.2 Å². The van der Waals surface area contributed by atoms with Crippen LogP contribution in [0.5, 0.6) is 0 Å². The van der Waals surface area contributed by atoms with Gasteiger partial charge in [-0.1, -0.05) is 66.5 Å². The topological polar surface area (TPSA) is 86.8 Å². The second kappa shape index (κ2) is 13.3. The number of hydrogen-bond acceptors (Lipinski definition) is 4. The van der Waals surface area contributed by atoms with Crippen LogP contribution in [0, 0.1) is 5.82 Å². The molecule has 0 aliphatic heterocycles. The smallest absolute Gasteiger partial charge is 0.264 e. The predicted molar refractivity (Wildman–Crippen MR) is 152 cm³/mol. The van der Waals surface area contributed by atoms with Gasteiger partial charge in [-0.25, -0.2) is 12.8 Å². The highest BCUT2D eigenvalue weighted by Crippen LogP contribution is 2.29. The minimum absolute atomic E-state index is 0.121. The van der Waals surface area contributed by atoms with Gasteiger partial charge in [0.05, 0.1) is 10.6 Å². The van der Waals surface area contributed by atoms with E-state index in [-0.39, 0.29) is 33.2 Å². The van der Waals surface area contributed by atoms with Gasteiger partial charge < -0.3 is 10.2 Å². The summed E-state index contributed by atoms with van der Waals surface area (Å²) in [6.45, 7) is 4.31. The second-order valence-electron chi connectivity index (χ2n) is 8.99. The average Bonchev–Trinajstić information content (AvgIpc) is 2.92. The number of amides is 2. The van der Waals surface area contributed by atoms with E-state index in [0.717, 1.165) is 6.07 Å². The van der Waals surface area contributed by atoms with Crippen LogP contribution < -0.4 is 9.62 Å². The maximum Gasteiger partial charge on any atom is 0.264 e. The van der Waals surface area contributed by atoms with E-state index in [2.05, 4.69) is 5.32 Å². The molecule has 208 valence electrons. The largest absolute Gasteiger partial charge is 0.352 e. The van der Waals surface area contributed by atoms with E-state index in [1.54, 1.807) is 24.3 Å². The fraction of sp³-hybridized carbons (Fsp3) is 0.286. The van der Waals surface area contributed by atoms with Crippen LogP contribution in [0.1, 0.15) is 32.8 Å². The van der Waals surface area contributed by atoms with Crippen LogP contribution in [0.4, 0.5) is 10.1 Å². The fourth-order valence-corrected chi connectivity index (χ4v) is 5.75. The van der Waals surface area contributed by atoms with Gasteiger partial charge >= 0.3 is 0 Å². The van der Waals surface area contributed by atoms with Crippen molar-refractivity contribution in [1.82, 2.24) is 10.2 Å². The molecule has 0 unspecified atom stereocenters. The van der Waals surface area contributed by atoms with Crippen molar-refractivity contribution in [2.24, 2.45) is 0 Å². The maximum atomic E-state index is 14.9. The zero-order chi connectivity index (χ0) is 28.7. The summed E-state index contributed by atoms with van der Waals surface area (Å²) in [5, 5.41) is 3.39. The van der Waals surface area contributed by atoms with Crippen LogP contribution in [-0.2, 0) is 26.2 Å². The van der Waals surface area contributed by atoms with Crippen molar-refractivity contribution >= 4 is 50.7 Å². The number of carbonyl (C=O) groups is 2. The minimum atomic E-state index is -4.37. The number of nitrogens with zero attached hydrogens (tertiary/aromatic N) is 2. The SMILES string of the molecule is CC[C@@H](C)NC(=O)[C@@H](C)N(Cc1c(Cl)cccc1Cl)C(=O)CN(c1ccccc1F)S(=O)(=O)c1ccccc1. The zero-order valence-electron chi connectivity index (χ0n) is 21.8. The molecule has 11 heteroatoms. The summed E-state index contributed by atoms with van der Waals surface area (Å²) in [7, 11) is -4.37. The molecular formula is C28H30Cl2FN3O4S. The number of hydrogen-bond donors (Lipinski definition) is 1. The Morgan fingerprint density at radius 1 is 0.923 bits per heavy atom. The Morgan fingerprint density at radius 3 is 2.10 bits per heavy atom. The molecule has 1 N–H and O–H groups in total. The third-order valence-corrected chi connectivity index (χ3v) is 8.77. The van der Waals surface area contributed by atoms with Gasteiger partial charge in [-0.2, -0.15) is 0 Å². The highest BCUT2D eigenvalue weighted by molar-refractivity contribution is 7.92. The van der Waals surface area contributed by atoms with E-state index in [1.807, 2.05) is 13.8 Å². The van der Waals surface area contributed by atoms with E-state index in [0.29, 0.717) is 16.3 Å². The number of sulfonamides is 1. The van der Waals surface area contributed by atoms with Crippen molar-refractivity contribution in [3.8, 4) is 0 Å². The molecule has 39 heavy (non-hydrogen) atoms. The lowest BCUT2D eigenvalue weighted by atomic mass is 10.1. The van der Waals surface area contributed by atoms with Crippen molar-refractivity contribution in [2.45, 2.75) is 50.7 Å². The first-order valence-corrected chi connectivity index (χ1v) is 14.5. The van der Waals surface area contributed by atoms with E-state index >= 15 is 0 Å². The quantitative estimate of drug-likeness (QED) is 0.311. The van der Waals surface area contributed by atoms with Gasteiger partial charge in [0.2, 0.25) is 11.8 Å². The summed E-state index contributed by atoms with van der Waals surface area (Å²) in [6.07, 6.45) is 0.666. The molecule has 0 aromatic heterocycles. The molecule has 0 saturated heterocycles. The highest BCUT2D eigenvalue weighted by Gasteiger charge is 2.34. The third kappa shape index (κ3) is 7.29. The summed E-state index contributed by atoms with van der Waals surface area (Å²) in [4.78, 5) is 28.0. The predicted octanol–water partition coefficient (Wildman–Crippen LogP) is 5.66. The van der Waals surface area contributed by atoms with Gasteiger partial charge in [-0.05, 0) is 56.7 Å². The normalized spacial score (nSPS) is 12.9. The summed E-state index contributed by atoms with van der Waals surface area (Å²) in [5.41, 5.74) is 0.0860. The molecule has 0 saturated carbocycles. The first-order chi connectivity index (χ1) is 18.5. The molecule has 3 aromatic rings. The Bertz CT molecular complexity index is 1400. The first-order valence-electron chi connectivity index (χ1n) is 12.3. The number of benzene rings is 3. The molecule has 3 aromatic carbocycles. The lowest BCUT2D eigenvalue weighted by Crippen LogP contribution is -2.52. The van der Waals surface area contributed by atoms with Gasteiger partial charge in [-0.15, -0.1) is 0 Å². The number of halogens is 3. The highest BCUT2D eigenvalue weighted by atomic mass is 35.5. The number of para-hydroxylation sites is 1. The van der Waals surface area contributed by atoms with E-state index in [4.69, 9.17) is 23.2 Å². The monoisotopic (exact) mass is 593 g/mol. The average molecular weight is 595 g/mol. The number of nitrogens with one attached hydrogen (secondary N) is 1. The molecule has 0 bridgehead atoms. The van der Waals surface area contributed by atoms with E-state index in [1.165, 1.54) is 54.3 Å². The molecule has 0 radical (unpaired) electrons. The van der Waals surface area contributed by atoms with Crippen molar-refractivity contribution in [2.75, 3.05) is 10.8 Å². The molecule has 0 aliphatic carbocycles. The molecule has 0 heterocycles. The maximum absolute atomic E-state index is 14.9. The Hall–Kier alpha value is -3.14. The summed E-state index contributed by atoms with van der Waals surface area (Å²) >= 11 is 12.7. The molecule has 2 amide bonds. The molecule has 0 spiro atoms. The Kier molecular flexibility index (Phi) is 10.4. The Balaban J connectivity index is 2.07. The van der Waals surface area contributed by atoms with Gasteiger partial charge in [0.1, 0.15) is 18.4 Å². The molecule has 0 aliphatic rings. The lowest BCUT2D eigenvalue weighted by Gasteiger charge is -2.33. The molecule has 0 fully saturated rings. The number of anilines is 1. The number of rotatable bonds is 11. The number of carbonyl (C=O) groups excluding carboxylic acids is 2. The van der Waals surface area contributed by atoms with Crippen LogP contribution in [-0.4, -0.2) is 43.8 Å². The van der Waals surface area contributed by atoms with Crippen LogP contribution in [0.3, 0.4) is 0 Å². The molecule has 3 rings (SSSR count).